The number of likely N-dealkylation sites (N-methyl/N-ethyl adjacent to an activating group) is 1. The van der Waals surface area contributed by atoms with E-state index in [1.165, 1.54) is 81.6 Å². The summed E-state index contributed by atoms with van der Waals surface area (Å²) in [4.78, 5) is 55.8. The van der Waals surface area contributed by atoms with Crippen molar-refractivity contribution in [2.24, 2.45) is 0 Å². The average molecular weight is 730 g/mol. The number of carbonyl (C=O) groups is 4. The molecule has 2 aliphatic rings. The van der Waals surface area contributed by atoms with Crippen molar-refractivity contribution in [2.75, 3.05) is 46.3 Å². The van der Waals surface area contributed by atoms with E-state index in [0.717, 1.165) is 0 Å². The number of carboxylic acids is 1. The van der Waals surface area contributed by atoms with E-state index < -0.39 is 64.3 Å². The van der Waals surface area contributed by atoms with Gasteiger partial charge in [0.05, 0.1) is 45.9 Å². The Morgan fingerprint density at radius 3 is 2.28 bits per heavy atom. The molecule has 0 bridgehead atoms. The minimum atomic E-state index is -4.76. The molecule has 3 aromatic rings. The molecule has 1 N–H and O–H groups in total. The summed E-state index contributed by atoms with van der Waals surface area (Å²) in [6.07, 6.45) is -1.95. The number of esters is 1. The molecule has 1 fully saturated rings. The van der Waals surface area contributed by atoms with E-state index in [1.54, 1.807) is 24.3 Å². The maximum absolute atomic E-state index is 15.5. The standard InChI is InChI=1S/C34H36ClN3O11S/c1-36(2)32(42)26-17-22(49-31(41)15-14-30(39)40)19-37(26)34(23-8-6-7-9-27(23)47-4)24-16-20(35)10-12-25(24)38(33(34)43)50(44,45)29-13-11-21(46-3)18-28(29)48-5/h6-13,16,18,22,26H,14-15,17,19H2,1-5H3,(H,39,40)/t22-,26+,34+/m1/s1. The van der Waals surface area contributed by atoms with Gasteiger partial charge in [0.15, 0.2) is 5.54 Å². The first-order valence-electron chi connectivity index (χ1n) is 15.4. The van der Waals surface area contributed by atoms with Crippen molar-refractivity contribution in [3.05, 3.63) is 76.8 Å². The molecule has 5 rings (SSSR count). The summed E-state index contributed by atoms with van der Waals surface area (Å²) in [5.41, 5.74) is -1.80. The van der Waals surface area contributed by atoms with Crippen molar-refractivity contribution in [3.8, 4) is 17.2 Å². The summed E-state index contributed by atoms with van der Waals surface area (Å²) in [6, 6.07) is 13.7. The summed E-state index contributed by atoms with van der Waals surface area (Å²) in [5.74, 6) is -3.01. The third kappa shape index (κ3) is 6.20. The molecule has 1 saturated heterocycles. The maximum atomic E-state index is 15.5. The van der Waals surface area contributed by atoms with Crippen LogP contribution >= 0.6 is 11.6 Å². The fourth-order valence-corrected chi connectivity index (χ4v) is 8.32. The number of amides is 2. The smallest absolute Gasteiger partial charge is 0.306 e. The van der Waals surface area contributed by atoms with Gasteiger partial charge in [0, 0.05) is 49.3 Å². The lowest BCUT2D eigenvalue weighted by molar-refractivity contribution is -0.151. The van der Waals surface area contributed by atoms with E-state index in [0.29, 0.717) is 10.1 Å². The molecule has 2 heterocycles. The first kappa shape index (κ1) is 36.4. The first-order chi connectivity index (χ1) is 23.7. The number of halogens is 1. The van der Waals surface area contributed by atoms with Crippen LogP contribution in [-0.2, 0) is 39.5 Å². The molecule has 0 spiro atoms. The Morgan fingerprint density at radius 1 is 0.940 bits per heavy atom. The Bertz CT molecular complexity index is 1950. The van der Waals surface area contributed by atoms with Crippen molar-refractivity contribution < 1.29 is 51.6 Å². The lowest BCUT2D eigenvalue weighted by Gasteiger charge is -2.42. The number of anilines is 1. The topological polar surface area (TPSA) is 169 Å². The highest BCUT2D eigenvalue weighted by Gasteiger charge is 2.64. The van der Waals surface area contributed by atoms with Gasteiger partial charge in [-0.15, -0.1) is 0 Å². The van der Waals surface area contributed by atoms with Crippen LogP contribution in [-0.4, -0.2) is 101 Å². The summed E-state index contributed by atoms with van der Waals surface area (Å²) >= 11 is 6.58. The Balaban J connectivity index is 1.79. The van der Waals surface area contributed by atoms with Crippen LogP contribution in [0.3, 0.4) is 0 Å². The van der Waals surface area contributed by atoms with Crippen LogP contribution in [0.2, 0.25) is 5.02 Å². The van der Waals surface area contributed by atoms with Gasteiger partial charge in [-0.1, -0.05) is 29.8 Å². The third-order valence-corrected chi connectivity index (χ3v) is 10.7. The summed E-state index contributed by atoms with van der Waals surface area (Å²) in [6.45, 7) is -0.224. The van der Waals surface area contributed by atoms with Crippen LogP contribution in [0.1, 0.15) is 30.4 Å². The molecule has 14 nitrogen and oxygen atoms in total. The van der Waals surface area contributed by atoms with Gasteiger partial charge >= 0.3 is 11.9 Å². The fraction of sp³-hybridized carbons (Fsp3) is 0.353. The number of fused-ring (bicyclic) bond motifs is 1. The number of ether oxygens (including phenoxy) is 4. The molecule has 266 valence electrons. The number of carbonyl (C=O) groups excluding carboxylic acids is 3. The Kier molecular flexibility index (Phi) is 10.3. The quantitative estimate of drug-likeness (QED) is 0.271. The lowest BCUT2D eigenvalue weighted by Crippen LogP contribution is -2.59. The number of hydrogen-bond donors (Lipinski definition) is 1. The molecule has 0 radical (unpaired) electrons. The molecule has 3 atom stereocenters. The predicted molar refractivity (Wildman–Crippen MR) is 180 cm³/mol. The van der Waals surface area contributed by atoms with E-state index >= 15 is 4.79 Å². The molecule has 2 amide bonds. The van der Waals surface area contributed by atoms with Gasteiger partial charge in [0.2, 0.25) is 5.91 Å². The molecule has 0 aliphatic carbocycles. The Morgan fingerprint density at radius 2 is 1.64 bits per heavy atom. The van der Waals surface area contributed by atoms with Crippen molar-refractivity contribution in [3.63, 3.8) is 0 Å². The van der Waals surface area contributed by atoms with E-state index in [2.05, 4.69) is 0 Å². The monoisotopic (exact) mass is 729 g/mol. The number of hydrogen-bond acceptors (Lipinski definition) is 11. The summed E-state index contributed by atoms with van der Waals surface area (Å²) < 4.78 is 52.2. The predicted octanol–water partition coefficient (Wildman–Crippen LogP) is 3.28. The Labute approximate surface area is 294 Å². The van der Waals surface area contributed by atoms with Crippen LogP contribution in [0.25, 0.3) is 0 Å². The van der Waals surface area contributed by atoms with Crippen LogP contribution in [0, 0.1) is 0 Å². The largest absolute Gasteiger partial charge is 0.497 e. The molecular formula is C34H36ClN3O11S. The second-order valence-electron chi connectivity index (χ2n) is 11.8. The van der Waals surface area contributed by atoms with E-state index in [4.69, 9.17) is 35.7 Å². The van der Waals surface area contributed by atoms with Crippen LogP contribution in [0.15, 0.2) is 65.6 Å². The van der Waals surface area contributed by atoms with E-state index in [-0.39, 0.29) is 51.2 Å². The second-order valence-corrected chi connectivity index (χ2v) is 14.0. The molecule has 0 unspecified atom stereocenters. The zero-order chi connectivity index (χ0) is 36.5. The molecule has 50 heavy (non-hydrogen) atoms. The lowest BCUT2D eigenvalue weighted by atomic mass is 9.80. The third-order valence-electron chi connectivity index (χ3n) is 8.71. The highest BCUT2D eigenvalue weighted by atomic mass is 35.5. The molecule has 2 aliphatic heterocycles. The number of para-hydroxylation sites is 1. The second kappa shape index (κ2) is 14.2. The van der Waals surface area contributed by atoms with Crippen LogP contribution < -0.4 is 18.5 Å². The van der Waals surface area contributed by atoms with E-state index in [9.17, 15) is 22.8 Å². The minimum Gasteiger partial charge on any atom is -0.497 e. The molecule has 0 saturated carbocycles. The fourth-order valence-electron chi connectivity index (χ4n) is 6.55. The molecule has 0 aromatic heterocycles. The zero-order valence-corrected chi connectivity index (χ0v) is 29.5. The zero-order valence-electron chi connectivity index (χ0n) is 27.9. The number of nitrogens with zero attached hydrogens (tertiary/aromatic N) is 3. The van der Waals surface area contributed by atoms with Crippen LogP contribution in [0.4, 0.5) is 5.69 Å². The van der Waals surface area contributed by atoms with Gasteiger partial charge in [0.25, 0.3) is 15.9 Å². The number of likely N-dealkylation sites (tertiary alicyclic amines) is 1. The highest BCUT2D eigenvalue weighted by Crippen LogP contribution is 2.55. The molecular weight excluding hydrogens is 694 g/mol. The summed E-state index contributed by atoms with van der Waals surface area (Å²) in [5, 5.41) is 9.25. The van der Waals surface area contributed by atoms with Crippen molar-refractivity contribution in [1.82, 2.24) is 9.80 Å². The number of sulfonamides is 1. The minimum absolute atomic E-state index is 0.0406. The van der Waals surface area contributed by atoms with Crippen molar-refractivity contribution >= 4 is 51.1 Å². The number of carboxylic acid groups (broad SMARTS) is 1. The van der Waals surface area contributed by atoms with Gasteiger partial charge in [-0.2, -0.15) is 0 Å². The average Bonchev–Trinajstić information content (AvgIpc) is 3.62. The summed E-state index contributed by atoms with van der Waals surface area (Å²) in [7, 11) is 2.38. The first-order valence-corrected chi connectivity index (χ1v) is 17.2. The Hall–Kier alpha value is -4.86. The normalized spacial score (nSPS) is 20.3. The molecule has 3 aromatic carbocycles. The highest BCUT2D eigenvalue weighted by molar-refractivity contribution is 7.93. The van der Waals surface area contributed by atoms with Gasteiger partial charge in [-0.05, 0) is 36.4 Å². The number of methoxy groups -OCH3 is 3. The number of benzene rings is 3. The molecule has 16 heteroatoms. The van der Waals surface area contributed by atoms with Gasteiger partial charge in [-0.3, -0.25) is 24.1 Å². The maximum Gasteiger partial charge on any atom is 0.306 e. The van der Waals surface area contributed by atoms with Gasteiger partial charge in [-0.25, -0.2) is 12.7 Å². The van der Waals surface area contributed by atoms with Gasteiger partial charge < -0.3 is 29.0 Å². The van der Waals surface area contributed by atoms with Gasteiger partial charge in [0.1, 0.15) is 28.2 Å². The SMILES string of the molecule is COc1ccc(S(=O)(=O)N2C(=O)[C@@](c3ccccc3OC)(N3C[C@H](OC(=O)CCC(=O)O)C[C@H]3C(=O)N(C)C)c3cc(Cl)ccc32)c(OC)c1. The van der Waals surface area contributed by atoms with Crippen molar-refractivity contribution in [2.45, 2.75) is 41.8 Å². The number of rotatable bonds is 12. The number of aliphatic carboxylic acids is 1. The van der Waals surface area contributed by atoms with E-state index in [1.807, 2.05) is 0 Å². The van der Waals surface area contributed by atoms with Crippen molar-refractivity contribution in [1.29, 1.82) is 0 Å². The van der Waals surface area contributed by atoms with Crippen LogP contribution in [0.5, 0.6) is 17.2 Å².